The van der Waals surface area contributed by atoms with Crippen molar-refractivity contribution in [2.45, 2.75) is 44.7 Å². The summed E-state index contributed by atoms with van der Waals surface area (Å²) in [6.07, 6.45) is 3.77. The lowest BCUT2D eigenvalue weighted by molar-refractivity contribution is -0.129. The van der Waals surface area contributed by atoms with E-state index < -0.39 is 6.09 Å². The SMILES string of the molecule is C=CC(=O)N(CC(=C)C)[C@@H]1CCCC[C@H]1NC(=O)O. The monoisotopic (exact) mass is 266 g/mol. The van der Waals surface area contributed by atoms with Gasteiger partial charge >= 0.3 is 6.09 Å². The van der Waals surface area contributed by atoms with Crippen LogP contribution < -0.4 is 5.32 Å². The summed E-state index contributed by atoms with van der Waals surface area (Å²) < 4.78 is 0. The molecule has 0 saturated heterocycles. The van der Waals surface area contributed by atoms with E-state index in [-0.39, 0.29) is 18.0 Å². The Balaban J connectivity index is 2.88. The Kier molecular flexibility index (Phi) is 5.60. The molecule has 1 fully saturated rings. The quantitative estimate of drug-likeness (QED) is 0.592. The smallest absolute Gasteiger partial charge is 0.404 e. The maximum Gasteiger partial charge on any atom is 0.404 e. The van der Waals surface area contributed by atoms with Crippen LogP contribution >= 0.6 is 0 Å². The van der Waals surface area contributed by atoms with Crippen LogP contribution in [0.5, 0.6) is 0 Å². The van der Waals surface area contributed by atoms with E-state index in [0.717, 1.165) is 31.3 Å². The second kappa shape index (κ2) is 6.97. The van der Waals surface area contributed by atoms with Crippen molar-refractivity contribution in [2.75, 3.05) is 6.54 Å². The molecular formula is C14H22N2O3. The van der Waals surface area contributed by atoms with E-state index in [1.54, 1.807) is 4.90 Å². The molecule has 2 amide bonds. The van der Waals surface area contributed by atoms with Gasteiger partial charge in [0.05, 0.1) is 12.1 Å². The molecule has 1 rings (SSSR count). The Morgan fingerprint density at radius 1 is 1.42 bits per heavy atom. The molecule has 106 valence electrons. The number of hydrogen-bond acceptors (Lipinski definition) is 2. The molecule has 0 aromatic carbocycles. The second-order valence-corrected chi connectivity index (χ2v) is 5.04. The van der Waals surface area contributed by atoms with E-state index >= 15 is 0 Å². The molecule has 1 saturated carbocycles. The van der Waals surface area contributed by atoms with Gasteiger partial charge in [-0.15, -0.1) is 0 Å². The average molecular weight is 266 g/mol. The number of carbonyl (C=O) groups is 2. The van der Waals surface area contributed by atoms with Crippen molar-refractivity contribution in [1.29, 1.82) is 0 Å². The van der Waals surface area contributed by atoms with Crippen LogP contribution in [-0.2, 0) is 4.79 Å². The van der Waals surface area contributed by atoms with E-state index in [1.165, 1.54) is 6.08 Å². The number of nitrogens with zero attached hydrogens (tertiary/aromatic N) is 1. The number of hydrogen-bond donors (Lipinski definition) is 2. The minimum Gasteiger partial charge on any atom is -0.465 e. The highest BCUT2D eigenvalue weighted by atomic mass is 16.4. The lowest BCUT2D eigenvalue weighted by atomic mass is 9.88. The molecule has 0 spiro atoms. The fourth-order valence-corrected chi connectivity index (χ4v) is 2.58. The van der Waals surface area contributed by atoms with Gasteiger partial charge in [-0.25, -0.2) is 4.79 Å². The van der Waals surface area contributed by atoms with Crippen molar-refractivity contribution >= 4 is 12.0 Å². The van der Waals surface area contributed by atoms with Gasteiger partial charge < -0.3 is 15.3 Å². The highest BCUT2D eigenvalue weighted by molar-refractivity contribution is 5.87. The van der Waals surface area contributed by atoms with Crippen LogP contribution in [0.15, 0.2) is 24.8 Å². The van der Waals surface area contributed by atoms with Crippen LogP contribution in [0.3, 0.4) is 0 Å². The van der Waals surface area contributed by atoms with Crippen LogP contribution in [0.25, 0.3) is 0 Å². The normalized spacial score (nSPS) is 22.4. The third-order valence-electron chi connectivity index (χ3n) is 3.34. The van der Waals surface area contributed by atoms with Gasteiger partial charge in [-0.1, -0.05) is 31.6 Å². The zero-order chi connectivity index (χ0) is 14.4. The molecule has 2 atom stereocenters. The van der Waals surface area contributed by atoms with E-state index in [1.807, 2.05) is 6.92 Å². The molecule has 5 nitrogen and oxygen atoms in total. The van der Waals surface area contributed by atoms with Gasteiger partial charge in [0.1, 0.15) is 0 Å². The fourth-order valence-electron chi connectivity index (χ4n) is 2.58. The summed E-state index contributed by atoms with van der Waals surface area (Å²) in [6, 6.07) is -0.332. The third kappa shape index (κ3) is 4.43. The first-order chi connectivity index (χ1) is 8.95. The summed E-state index contributed by atoms with van der Waals surface area (Å²) >= 11 is 0. The highest BCUT2D eigenvalue weighted by Crippen LogP contribution is 2.24. The summed E-state index contributed by atoms with van der Waals surface area (Å²) in [7, 11) is 0. The van der Waals surface area contributed by atoms with Gasteiger partial charge in [-0.3, -0.25) is 4.79 Å². The number of rotatable bonds is 5. The zero-order valence-corrected chi connectivity index (χ0v) is 11.4. The molecule has 19 heavy (non-hydrogen) atoms. The van der Waals surface area contributed by atoms with Crippen LogP contribution in [0.4, 0.5) is 4.79 Å². The number of carboxylic acid groups (broad SMARTS) is 1. The van der Waals surface area contributed by atoms with E-state index in [4.69, 9.17) is 5.11 Å². The van der Waals surface area contributed by atoms with Crippen LogP contribution in [0, 0.1) is 0 Å². The van der Waals surface area contributed by atoms with Gasteiger partial charge in [-0.2, -0.15) is 0 Å². The van der Waals surface area contributed by atoms with Crippen molar-refractivity contribution in [3.05, 3.63) is 24.8 Å². The molecule has 0 unspecified atom stereocenters. The Bertz CT molecular complexity index is 379. The van der Waals surface area contributed by atoms with Crippen molar-refractivity contribution in [3.63, 3.8) is 0 Å². The molecule has 0 aromatic rings. The molecule has 0 heterocycles. The van der Waals surface area contributed by atoms with Crippen molar-refractivity contribution < 1.29 is 14.7 Å². The van der Waals surface area contributed by atoms with E-state index in [9.17, 15) is 9.59 Å². The summed E-state index contributed by atoms with van der Waals surface area (Å²) in [4.78, 5) is 24.5. The molecular weight excluding hydrogens is 244 g/mol. The minimum atomic E-state index is -1.04. The Hall–Kier alpha value is -1.78. The topological polar surface area (TPSA) is 69.6 Å². The Morgan fingerprint density at radius 2 is 2.05 bits per heavy atom. The predicted molar refractivity (Wildman–Crippen MR) is 73.9 cm³/mol. The molecule has 0 aliphatic heterocycles. The summed E-state index contributed by atoms with van der Waals surface area (Å²) in [6.45, 7) is 9.63. The first-order valence-electron chi connectivity index (χ1n) is 6.52. The van der Waals surface area contributed by atoms with Crippen molar-refractivity contribution in [1.82, 2.24) is 10.2 Å². The van der Waals surface area contributed by atoms with E-state index in [2.05, 4.69) is 18.5 Å². The fraction of sp³-hybridized carbons (Fsp3) is 0.571. The first kappa shape index (κ1) is 15.3. The highest BCUT2D eigenvalue weighted by Gasteiger charge is 2.32. The first-order valence-corrected chi connectivity index (χ1v) is 6.52. The lowest BCUT2D eigenvalue weighted by Crippen LogP contribution is -2.54. The van der Waals surface area contributed by atoms with Crippen LogP contribution in [-0.4, -0.2) is 40.6 Å². The van der Waals surface area contributed by atoms with Crippen molar-refractivity contribution in [2.24, 2.45) is 0 Å². The van der Waals surface area contributed by atoms with Gasteiger partial charge in [0.25, 0.3) is 0 Å². The van der Waals surface area contributed by atoms with Crippen LogP contribution in [0.2, 0.25) is 0 Å². The predicted octanol–water partition coefficient (Wildman–Crippen LogP) is 2.16. The molecule has 0 radical (unpaired) electrons. The van der Waals surface area contributed by atoms with E-state index in [0.29, 0.717) is 6.54 Å². The molecule has 1 aliphatic rings. The number of carbonyl (C=O) groups excluding carboxylic acids is 1. The molecule has 2 N–H and O–H groups in total. The van der Waals surface area contributed by atoms with Crippen molar-refractivity contribution in [3.8, 4) is 0 Å². The third-order valence-corrected chi connectivity index (χ3v) is 3.34. The van der Waals surface area contributed by atoms with Gasteiger partial charge in [0.2, 0.25) is 5.91 Å². The molecule has 1 aliphatic carbocycles. The second-order valence-electron chi connectivity index (χ2n) is 5.04. The van der Waals surface area contributed by atoms with Gasteiger partial charge in [-0.05, 0) is 25.8 Å². The zero-order valence-electron chi connectivity index (χ0n) is 11.4. The summed E-state index contributed by atoms with van der Waals surface area (Å²) in [5.74, 6) is -0.174. The van der Waals surface area contributed by atoms with Gasteiger partial charge in [0.15, 0.2) is 0 Å². The molecule has 5 heteroatoms. The minimum absolute atomic E-state index is 0.118. The largest absolute Gasteiger partial charge is 0.465 e. The lowest BCUT2D eigenvalue weighted by Gasteiger charge is -2.39. The molecule has 0 bridgehead atoms. The maximum absolute atomic E-state index is 12.0. The Morgan fingerprint density at radius 3 is 2.58 bits per heavy atom. The van der Waals surface area contributed by atoms with Gasteiger partial charge in [0, 0.05) is 6.54 Å². The Labute approximate surface area is 114 Å². The summed E-state index contributed by atoms with van der Waals surface area (Å²) in [5, 5.41) is 11.4. The molecule has 0 aromatic heterocycles. The average Bonchev–Trinajstić information content (AvgIpc) is 2.35. The standard InChI is InChI=1S/C14H22N2O3/c1-4-13(17)16(9-10(2)3)12-8-6-5-7-11(12)15-14(18)19/h4,11-12,15H,1-2,5-9H2,3H3,(H,18,19)/t11-,12-/m1/s1. The van der Waals surface area contributed by atoms with Crippen LogP contribution in [0.1, 0.15) is 32.6 Å². The number of nitrogens with one attached hydrogen (secondary N) is 1. The summed E-state index contributed by atoms with van der Waals surface area (Å²) in [5.41, 5.74) is 0.870. The maximum atomic E-state index is 12.0. The number of amides is 2.